The molecule has 0 fully saturated rings. The van der Waals surface area contributed by atoms with Crippen molar-refractivity contribution in [3.8, 4) is 11.1 Å². The first-order valence-electron chi connectivity index (χ1n) is 6.20. The number of rotatable bonds is 4. The van der Waals surface area contributed by atoms with Crippen LogP contribution >= 0.6 is 11.6 Å². The highest BCUT2D eigenvalue weighted by molar-refractivity contribution is 6.33. The van der Waals surface area contributed by atoms with Crippen LogP contribution < -0.4 is 11.2 Å². The first-order chi connectivity index (χ1) is 10.5. The molecule has 7 heteroatoms. The molecule has 0 radical (unpaired) electrons. The van der Waals surface area contributed by atoms with Gasteiger partial charge in [0.1, 0.15) is 0 Å². The molecule has 0 atom stereocenters. The molecule has 6 nitrogen and oxygen atoms in total. The van der Waals surface area contributed by atoms with Crippen molar-refractivity contribution in [1.82, 2.24) is 5.43 Å². The lowest BCUT2D eigenvalue weighted by molar-refractivity contribution is 0.0697. The van der Waals surface area contributed by atoms with E-state index in [1.807, 2.05) is 6.07 Å². The van der Waals surface area contributed by atoms with E-state index in [1.54, 1.807) is 24.3 Å². The highest BCUT2D eigenvalue weighted by atomic mass is 35.5. The van der Waals surface area contributed by atoms with E-state index in [0.717, 1.165) is 5.56 Å². The molecule has 112 valence electrons. The van der Waals surface area contributed by atoms with Gasteiger partial charge in [-0.3, -0.25) is 0 Å². The Labute approximate surface area is 131 Å². The first-order valence-corrected chi connectivity index (χ1v) is 6.57. The largest absolute Gasteiger partial charge is 0.478 e. The zero-order valence-electron chi connectivity index (χ0n) is 11.3. The highest BCUT2D eigenvalue weighted by Gasteiger charge is 2.11. The summed E-state index contributed by atoms with van der Waals surface area (Å²) in [6.07, 6.45) is 1.43. The number of halogens is 1. The zero-order chi connectivity index (χ0) is 16.1. The maximum atomic E-state index is 11.2. The van der Waals surface area contributed by atoms with E-state index in [2.05, 4.69) is 10.5 Å². The Bertz CT molecular complexity index is 759. The number of nitrogens with zero attached hydrogens (tertiary/aromatic N) is 1. The van der Waals surface area contributed by atoms with Crippen LogP contribution in [0.2, 0.25) is 5.02 Å². The van der Waals surface area contributed by atoms with Gasteiger partial charge < -0.3 is 10.8 Å². The van der Waals surface area contributed by atoms with Gasteiger partial charge in [0.05, 0.1) is 16.8 Å². The monoisotopic (exact) mass is 317 g/mol. The van der Waals surface area contributed by atoms with Crippen molar-refractivity contribution >= 4 is 29.8 Å². The molecule has 0 aliphatic heterocycles. The van der Waals surface area contributed by atoms with Crippen LogP contribution in [-0.4, -0.2) is 23.3 Å². The number of aromatic carboxylic acids is 1. The quantitative estimate of drug-likeness (QED) is 0.596. The smallest absolute Gasteiger partial charge is 0.337 e. The lowest BCUT2D eigenvalue weighted by atomic mass is 9.98. The lowest BCUT2D eigenvalue weighted by Gasteiger charge is -2.08. The van der Waals surface area contributed by atoms with E-state index >= 15 is 0 Å². The summed E-state index contributed by atoms with van der Waals surface area (Å²) < 4.78 is 0. The third-order valence-corrected chi connectivity index (χ3v) is 3.18. The predicted octanol–water partition coefficient (Wildman–Crippen LogP) is 2.71. The van der Waals surface area contributed by atoms with E-state index in [1.165, 1.54) is 18.3 Å². The Kier molecular flexibility index (Phi) is 4.75. The van der Waals surface area contributed by atoms with Crippen molar-refractivity contribution in [2.45, 2.75) is 0 Å². The Hall–Kier alpha value is -2.86. The van der Waals surface area contributed by atoms with Crippen molar-refractivity contribution in [2.24, 2.45) is 10.8 Å². The number of nitrogens with one attached hydrogen (secondary N) is 1. The van der Waals surface area contributed by atoms with Gasteiger partial charge in [0.15, 0.2) is 0 Å². The van der Waals surface area contributed by atoms with Gasteiger partial charge in [-0.25, -0.2) is 15.0 Å². The van der Waals surface area contributed by atoms with E-state index in [4.69, 9.17) is 22.4 Å². The van der Waals surface area contributed by atoms with Crippen LogP contribution in [0.4, 0.5) is 4.79 Å². The Morgan fingerprint density at radius 2 is 1.95 bits per heavy atom. The fourth-order valence-corrected chi connectivity index (χ4v) is 2.09. The Morgan fingerprint density at radius 1 is 1.23 bits per heavy atom. The first kappa shape index (κ1) is 15.5. The second-order valence-electron chi connectivity index (χ2n) is 4.32. The van der Waals surface area contributed by atoms with Crippen LogP contribution in [0.5, 0.6) is 0 Å². The third kappa shape index (κ3) is 3.62. The normalized spacial score (nSPS) is 10.6. The zero-order valence-corrected chi connectivity index (χ0v) is 12.0. The van der Waals surface area contributed by atoms with Gasteiger partial charge in [0, 0.05) is 5.56 Å². The van der Waals surface area contributed by atoms with Crippen LogP contribution in [0.3, 0.4) is 0 Å². The number of amides is 2. The molecule has 0 saturated heterocycles. The fourth-order valence-electron chi connectivity index (χ4n) is 1.89. The van der Waals surface area contributed by atoms with Gasteiger partial charge in [-0.2, -0.15) is 5.10 Å². The molecule has 0 heterocycles. The summed E-state index contributed by atoms with van der Waals surface area (Å²) in [4.78, 5) is 21.8. The SMILES string of the molecule is NC(=O)NN=Cc1ccccc1-c1ccc(Cl)c(C(=O)O)c1. The molecule has 4 N–H and O–H groups in total. The standard InChI is InChI=1S/C15H12ClN3O3/c16-13-6-5-9(7-12(13)14(20)21)11-4-2-1-3-10(11)8-18-19-15(17)22/h1-8H,(H,20,21)(H3,17,19,22). The van der Waals surface area contributed by atoms with Crippen LogP contribution in [0.15, 0.2) is 47.6 Å². The predicted molar refractivity (Wildman–Crippen MR) is 84.2 cm³/mol. The molecular weight excluding hydrogens is 306 g/mol. The molecule has 22 heavy (non-hydrogen) atoms. The summed E-state index contributed by atoms with van der Waals surface area (Å²) in [5.74, 6) is -1.10. The Balaban J connectivity index is 2.45. The maximum absolute atomic E-state index is 11.2. The molecule has 0 aliphatic rings. The lowest BCUT2D eigenvalue weighted by Crippen LogP contribution is -2.24. The molecule has 2 amide bonds. The minimum absolute atomic E-state index is 0.0150. The molecule has 0 unspecified atom stereocenters. The summed E-state index contributed by atoms with van der Waals surface area (Å²) >= 11 is 5.87. The number of carboxylic acids is 1. The molecule has 0 spiro atoms. The number of hydrogen-bond donors (Lipinski definition) is 3. The van der Waals surface area contributed by atoms with Crippen molar-refractivity contribution < 1.29 is 14.7 Å². The average molecular weight is 318 g/mol. The summed E-state index contributed by atoms with van der Waals surface area (Å²) in [5, 5.41) is 13.0. The minimum Gasteiger partial charge on any atom is -0.478 e. The molecule has 2 rings (SSSR count). The van der Waals surface area contributed by atoms with Crippen molar-refractivity contribution in [3.63, 3.8) is 0 Å². The minimum atomic E-state index is -1.10. The van der Waals surface area contributed by atoms with Crippen LogP contribution in [0.1, 0.15) is 15.9 Å². The van der Waals surface area contributed by atoms with Crippen LogP contribution in [0, 0.1) is 0 Å². The molecular formula is C15H12ClN3O3. The van der Waals surface area contributed by atoms with Crippen LogP contribution in [-0.2, 0) is 0 Å². The van der Waals surface area contributed by atoms with Gasteiger partial charge in [0.25, 0.3) is 0 Å². The number of primary amides is 1. The third-order valence-electron chi connectivity index (χ3n) is 2.85. The van der Waals surface area contributed by atoms with Crippen molar-refractivity contribution in [3.05, 3.63) is 58.6 Å². The number of nitrogens with two attached hydrogens (primary N) is 1. The highest BCUT2D eigenvalue weighted by Crippen LogP contribution is 2.27. The van der Waals surface area contributed by atoms with Gasteiger partial charge in [-0.05, 0) is 23.3 Å². The molecule has 0 saturated carbocycles. The molecule has 0 aliphatic carbocycles. The number of benzene rings is 2. The molecule has 0 aromatic heterocycles. The van der Waals surface area contributed by atoms with Crippen molar-refractivity contribution in [1.29, 1.82) is 0 Å². The van der Waals surface area contributed by atoms with Gasteiger partial charge in [-0.1, -0.05) is 41.9 Å². The maximum Gasteiger partial charge on any atom is 0.337 e. The summed E-state index contributed by atoms with van der Waals surface area (Å²) in [5.41, 5.74) is 9.16. The Morgan fingerprint density at radius 3 is 2.64 bits per heavy atom. The van der Waals surface area contributed by atoms with Gasteiger partial charge in [0.2, 0.25) is 0 Å². The number of urea groups is 1. The van der Waals surface area contributed by atoms with E-state index in [0.29, 0.717) is 11.1 Å². The van der Waals surface area contributed by atoms with Gasteiger partial charge in [-0.15, -0.1) is 0 Å². The summed E-state index contributed by atoms with van der Waals surface area (Å²) in [6, 6.07) is 11.1. The molecule has 2 aromatic rings. The number of carbonyl (C=O) groups excluding carboxylic acids is 1. The molecule has 2 aromatic carbocycles. The number of carboxylic acid groups (broad SMARTS) is 1. The molecule has 0 bridgehead atoms. The second-order valence-corrected chi connectivity index (χ2v) is 4.73. The van der Waals surface area contributed by atoms with Crippen LogP contribution in [0.25, 0.3) is 11.1 Å². The van der Waals surface area contributed by atoms with Crippen molar-refractivity contribution in [2.75, 3.05) is 0 Å². The average Bonchev–Trinajstić information content (AvgIpc) is 2.48. The van der Waals surface area contributed by atoms with E-state index < -0.39 is 12.0 Å². The van der Waals surface area contributed by atoms with E-state index in [9.17, 15) is 9.59 Å². The number of hydrogen-bond acceptors (Lipinski definition) is 3. The summed E-state index contributed by atoms with van der Waals surface area (Å²) in [6.45, 7) is 0. The summed E-state index contributed by atoms with van der Waals surface area (Å²) in [7, 11) is 0. The number of hydrazone groups is 1. The van der Waals surface area contributed by atoms with E-state index in [-0.39, 0.29) is 10.6 Å². The van der Waals surface area contributed by atoms with Gasteiger partial charge >= 0.3 is 12.0 Å². The second kappa shape index (κ2) is 6.73. The fraction of sp³-hybridized carbons (Fsp3) is 0. The number of carbonyl (C=O) groups is 2. The topological polar surface area (TPSA) is 105 Å².